The fourth-order valence-corrected chi connectivity index (χ4v) is 4.56. The first-order valence-corrected chi connectivity index (χ1v) is 10.6. The Balaban J connectivity index is 1.57. The highest BCUT2D eigenvalue weighted by Crippen LogP contribution is 2.27. The zero-order valence-electron chi connectivity index (χ0n) is 15.0. The van der Waals surface area contributed by atoms with Crippen molar-refractivity contribution in [3.05, 3.63) is 66.2 Å². The van der Waals surface area contributed by atoms with Crippen LogP contribution in [0.3, 0.4) is 0 Å². The van der Waals surface area contributed by atoms with Crippen molar-refractivity contribution in [1.29, 1.82) is 0 Å². The molecule has 1 aromatic heterocycles. The van der Waals surface area contributed by atoms with E-state index in [0.29, 0.717) is 13.1 Å². The van der Waals surface area contributed by atoms with Crippen molar-refractivity contribution < 1.29 is 12.8 Å². The molecule has 27 heavy (non-hydrogen) atoms. The first-order valence-electron chi connectivity index (χ1n) is 8.79. The third-order valence-electron chi connectivity index (χ3n) is 4.97. The van der Waals surface area contributed by atoms with Gasteiger partial charge in [0.15, 0.2) is 9.84 Å². The average Bonchev–Trinajstić information content (AvgIpc) is 3.04. The Labute approximate surface area is 158 Å². The van der Waals surface area contributed by atoms with Crippen LogP contribution in [0.5, 0.6) is 0 Å². The minimum atomic E-state index is -2.88. The molecule has 0 N–H and O–H groups in total. The Morgan fingerprint density at radius 1 is 0.926 bits per heavy atom. The van der Waals surface area contributed by atoms with Crippen LogP contribution >= 0.6 is 0 Å². The maximum absolute atomic E-state index is 13.1. The van der Waals surface area contributed by atoms with Gasteiger partial charge in [0.1, 0.15) is 5.82 Å². The van der Waals surface area contributed by atoms with E-state index in [2.05, 4.69) is 10.00 Å². The molecule has 0 aliphatic carbocycles. The topological polar surface area (TPSA) is 55.2 Å². The average molecular weight is 385 g/mol. The lowest BCUT2D eigenvalue weighted by Gasteiger charge is -2.28. The molecule has 0 saturated carbocycles. The van der Waals surface area contributed by atoms with Crippen LogP contribution in [0.2, 0.25) is 0 Å². The molecule has 0 bridgehead atoms. The van der Waals surface area contributed by atoms with Gasteiger partial charge in [0.2, 0.25) is 0 Å². The molecule has 1 saturated heterocycles. The lowest BCUT2D eigenvalue weighted by Crippen LogP contribution is -2.40. The first kappa shape index (κ1) is 17.7. The van der Waals surface area contributed by atoms with Gasteiger partial charge in [-0.05, 0) is 48.9 Å². The van der Waals surface area contributed by atoms with Crippen LogP contribution in [0.25, 0.3) is 16.8 Å². The van der Waals surface area contributed by atoms with Crippen molar-refractivity contribution in [3.63, 3.8) is 0 Å². The predicted octanol–water partition coefficient (Wildman–Crippen LogP) is 3.22. The Kier molecular flexibility index (Phi) is 4.47. The van der Waals surface area contributed by atoms with Crippen molar-refractivity contribution in [2.75, 3.05) is 29.5 Å². The quantitative estimate of drug-likeness (QED) is 0.695. The Morgan fingerprint density at radius 2 is 1.52 bits per heavy atom. The van der Waals surface area contributed by atoms with Gasteiger partial charge >= 0.3 is 0 Å². The molecule has 140 valence electrons. The lowest BCUT2D eigenvalue weighted by molar-refractivity contribution is 0.587. The summed E-state index contributed by atoms with van der Waals surface area (Å²) in [5.74, 6) is 0.140. The first-order chi connectivity index (χ1) is 12.9. The second kappa shape index (κ2) is 6.81. The van der Waals surface area contributed by atoms with E-state index >= 15 is 0 Å². The zero-order chi connectivity index (χ0) is 19.0. The van der Waals surface area contributed by atoms with Crippen molar-refractivity contribution >= 4 is 15.5 Å². The number of sulfone groups is 1. The number of halogens is 1. The van der Waals surface area contributed by atoms with Crippen molar-refractivity contribution in [2.24, 2.45) is 0 Å². The van der Waals surface area contributed by atoms with Crippen LogP contribution in [0.15, 0.2) is 54.7 Å². The number of aromatic nitrogens is 2. The summed E-state index contributed by atoms with van der Waals surface area (Å²) in [6.45, 7) is 3.04. The van der Waals surface area contributed by atoms with Gasteiger partial charge in [-0.3, -0.25) is 0 Å². The predicted molar refractivity (Wildman–Crippen MR) is 105 cm³/mol. The molecule has 2 aromatic carbocycles. The van der Waals surface area contributed by atoms with Gasteiger partial charge in [-0.1, -0.05) is 12.1 Å². The Bertz CT molecular complexity index is 1040. The molecule has 5 nitrogen and oxygen atoms in total. The minimum Gasteiger partial charge on any atom is -0.369 e. The number of nitrogens with zero attached hydrogens (tertiary/aromatic N) is 3. The molecule has 0 unspecified atom stereocenters. The third kappa shape index (κ3) is 3.60. The van der Waals surface area contributed by atoms with Crippen LogP contribution < -0.4 is 4.90 Å². The number of hydrogen-bond acceptors (Lipinski definition) is 4. The fourth-order valence-electron chi connectivity index (χ4n) is 3.36. The summed E-state index contributed by atoms with van der Waals surface area (Å²) in [5, 5.41) is 4.44. The summed E-state index contributed by atoms with van der Waals surface area (Å²) < 4.78 is 38.1. The molecule has 4 rings (SSSR count). The summed E-state index contributed by atoms with van der Waals surface area (Å²) >= 11 is 0. The number of rotatable bonds is 3. The Morgan fingerprint density at radius 3 is 2.15 bits per heavy atom. The molecule has 0 spiro atoms. The summed E-state index contributed by atoms with van der Waals surface area (Å²) in [5.41, 5.74) is 4.85. The van der Waals surface area contributed by atoms with Gasteiger partial charge in [0, 0.05) is 30.0 Å². The van der Waals surface area contributed by atoms with Gasteiger partial charge in [-0.15, -0.1) is 0 Å². The van der Waals surface area contributed by atoms with Gasteiger partial charge in [-0.25, -0.2) is 17.5 Å². The van der Waals surface area contributed by atoms with Crippen LogP contribution in [0, 0.1) is 12.7 Å². The van der Waals surface area contributed by atoms with E-state index in [4.69, 9.17) is 0 Å². The second-order valence-corrected chi connectivity index (χ2v) is 9.02. The molecule has 7 heteroatoms. The lowest BCUT2D eigenvalue weighted by atomic mass is 10.1. The molecule has 1 fully saturated rings. The van der Waals surface area contributed by atoms with Crippen LogP contribution in [-0.2, 0) is 9.84 Å². The van der Waals surface area contributed by atoms with E-state index in [-0.39, 0.29) is 17.3 Å². The zero-order valence-corrected chi connectivity index (χ0v) is 15.8. The van der Waals surface area contributed by atoms with Gasteiger partial charge < -0.3 is 4.90 Å². The number of anilines is 1. The Hall–Kier alpha value is -2.67. The summed E-state index contributed by atoms with van der Waals surface area (Å²) in [6.07, 6.45) is 1.81. The van der Waals surface area contributed by atoms with Crippen molar-refractivity contribution in [2.45, 2.75) is 6.92 Å². The van der Waals surface area contributed by atoms with Crippen LogP contribution in [0.4, 0.5) is 10.1 Å². The molecule has 1 aliphatic heterocycles. The summed E-state index contributed by atoms with van der Waals surface area (Å²) in [7, 11) is -2.88. The second-order valence-electron chi connectivity index (χ2n) is 6.72. The van der Waals surface area contributed by atoms with E-state index in [1.807, 2.05) is 31.2 Å². The molecular weight excluding hydrogens is 365 g/mol. The normalized spacial score (nSPS) is 16.4. The van der Waals surface area contributed by atoms with E-state index in [9.17, 15) is 12.8 Å². The van der Waals surface area contributed by atoms with Crippen molar-refractivity contribution in [3.8, 4) is 16.8 Å². The molecule has 3 aromatic rings. The minimum absolute atomic E-state index is 0.207. The molecule has 2 heterocycles. The van der Waals surface area contributed by atoms with E-state index < -0.39 is 9.84 Å². The van der Waals surface area contributed by atoms with E-state index in [1.165, 1.54) is 12.1 Å². The van der Waals surface area contributed by atoms with Gasteiger partial charge in [0.25, 0.3) is 0 Å². The monoisotopic (exact) mass is 385 g/mol. The largest absolute Gasteiger partial charge is 0.369 e. The van der Waals surface area contributed by atoms with Gasteiger partial charge in [-0.2, -0.15) is 5.10 Å². The highest BCUT2D eigenvalue weighted by molar-refractivity contribution is 7.91. The van der Waals surface area contributed by atoms with E-state index in [1.54, 1.807) is 23.0 Å². The van der Waals surface area contributed by atoms with Crippen LogP contribution in [-0.4, -0.2) is 42.8 Å². The third-order valence-corrected chi connectivity index (χ3v) is 6.58. The highest BCUT2D eigenvalue weighted by Gasteiger charge is 2.21. The van der Waals surface area contributed by atoms with Crippen molar-refractivity contribution in [1.82, 2.24) is 9.78 Å². The van der Waals surface area contributed by atoms with E-state index in [0.717, 1.165) is 28.2 Å². The molecular formula is C20H20FN3O2S. The number of hydrogen-bond donors (Lipinski definition) is 0. The fraction of sp³-hybridized carbons (Fsp3) is 0.250. The number of benzene rings is 2. The summed E-state index contributed by atoms with van der Waals surface area (Å²) in [6, 6.07) is 14.3. The SMILES string of the molecule is Cc1c(-c2ccc(N3CCS(=O)(=O)CC3)cc2)cnn1-c1ccc(F)cc1. The molecule has 0 amide bonds. The maximum atomic E-state index is 13.1. The standard InChI is InChI=1S/C20H20FN3O2S/c1-15-20(14-22-24(15)19-8-4-17(21)5-9-19)16-2-6-18(7-3-16)23-10-12-27(25,26)13-11-23/h2-9,14H,10-13H2,1H3. The highest BCUT2D eigenvalue weighted by atomic mass is 32.2. The van der Waals surface area contributed by atoms with Crippen LogP contribution in [0.1, 0.15) is 5.69 Å². The smallest absolute Gasteiger partial charge is 0.153 e. The maximum Gasteiger partial charge on any atom is 0.153 e. The van der Waals surface area contributed by atoms with Gasteiger partial charge in [0.05, 0.1) is 23.4 Å². The molecule has 0 atom stereocenters. The molecule has 0 radical (unpaired) electrons. The molecule has 1 aliphatic rings. The summed E-state index contributed by atoms with van der Waals surface area (Å²) in [4.78, 5) is 2.10.